The summed E-state index contributed by atoms with van der Waals surface area (Å²) in [7, 11) is 0. The van der Waals surface area contributed by atoms with Crippen LogP contribution in [0.15, 0.2) is 30.6 Å². The van der Waals surface area contributed by atoms with Gasteiger partial charge in [-0.3, -0.25) is 10.1 Å². The van der Waals surface area contributed by atoms with E-state index in [1.54, 1.807) is 23.0 Å². The quantitative estimate of drug-likeness (QED) is 0.472. The fourth-order valence-corrected chi connectivity index (χ4v) is 1.51. The molecule has 1 aromatic carbocycles. The summed E-state index contributed by atoms with van der Waals surface area (Å²) in [4.78, 5) is 14.1. The van der Waals surface area contributed by atoms with Gasteiger partial charge in [0, 0.05) is 24.5 Å². The first-order chi connectivity index (χ1) is 7.59. The molecule has 6 nitrogen and oxygen atoms in total. The number of aromatic nitrogens is 2. The van der Waals surface area contributed by atoms with Crippen LogP contribution in [0.3, 0.4) is 0 Å². The molecule has 1 aromatic heterocycles. The van der Waals surface area contributed by atoms with Crippen LogP contribution in [0.4, 0.5) is 11.4 Å². The maximum atomic E-state index is 10.5. The molecule has 2 N–H and O–H groups in total. The largest absolute Gasteiger partial charge is 0.397 e. The number of nitro benzene ring substituents is 1. The third kappa shape index (κ3) is 1.60. The zero-order valence-electron chi connectivity index (χ0n) is 8.62. The van der Waals surface area contributed by atoms with E-state index < -0.39 is 4.92 Å². The second-order valence-electron chi connectivity index (χ2n) is 3.34. The molecule has 0 radical (unpaired) electrons. The van der Waals surface area contributed by atoms with E-state index in [1.807, 2.05) is 6.92 Å². The number of rotatable bonds is 2. The second kappa shape index (κ2) is 3.65. The number of benzene rings is 1. The van der Waals surface area contributed by atoms with Crippen LogP contribution in [0, 0.1) is 17.0 Å². The minimum absolute atomic E-state index is 0.0148. The highest BCUT2D eigenvalue weighted by Crippen LogP contribution is 2.23. The monoisotopic (exact) mass is 218 g/mol. The molecule has 0 spiro atoms. The summed E-state index contributed by atoms with van der Waals surface area (Å²) in [6, 6.07) is 4.38. The van der Waals surface area contributed by atoms with Gasteiger partial charge in [-0.25, -0.2) is 4.98 Å². The first kappa shape index (κ1) is 10.2. The number of aryl methyl sites for hydroxylation is 1. The number of nitrogens with two attached hydrogens (primary N) is 1. The lowest BCUT2D eigenvalue weighted by molar-refractivity contribution is -0.384. The van der Waals surface area contributed by atoms with Crippen molar-refractivity contribution in [1.29, 1.82) is 0 Å². The minimum atomic E-state index is -0.471. The van der Waals surface area contributed by atoms with Crippen LogP contribution in [0.1, 0.15) is 5.82 Å². The number of nitro groups is 1. The van der Waals surface area contributed by atoms with Crippen molar-refractivity contribution in [2.45, 2.75) is 6.92 Å². The van der Waals surface area contributed by atoms with Crippen LogP contribution in [-0.2, 0) is 0 Å². The van der Waals surface area contributed by atoms with E-state index in [0.717, 1.165) is 5.82 Å². The molecule has 0 atom stereocenters. The lowest BCUT2D eigenvalue weighted by Crippen LogP contribution is -2.01. The molecule has 0 saturated carbocycles. The Bertz CT molecular complexity index is 548. The molecule has 0 aliphatic rings. The van der Waals surface area contributed by atoms with Gasteiger partial charge in [-0.15, -0.1) is 0 Å². The molecule has 1 heterocycles. The van der Waals surface area contributed by atoms with Gasteiger partial charge in [0.25, 0.3) is 5.69 Å². The normalized spacial score (nSPS) is 10.3. The summed E-state index contributed by atoms with van der Waals surface area (Å²) in [5, 5.41) is 10.5. The number of nitrogens with zero attached hydrogens (tertiary/aromatic N) is 3. The van der Waals surface area contributed by atoms with E-state index in [2.05, 4.69) is 4.98 Å². The molecule has 2 aromatic rings. The van der Waals surface area contributed by atoms with E-state index in [1.165, 1.54) is 12.1 Å². The van der Waals surface area contributed by atoms with E-state index in [9.17, 15) is 10.1 Å². The van der Waals surface area contributed by atoms with E-state index >= 15 is 0 Å². The number of anilines is 1. The van der Waals surface area contributed by atoms with Gasteiger partial charge in [0.2, 0.25) is 0 Å². The number of hydrogen-bond acceptors (Lipinski definition) is 4. The van der Waals surface area contributed by atoms with Gasteiger partial charge in [0.15, 0.2) is 0 Å². The summed E-state index contributed by atoms with van der Waals surface area (Å²) < 4.78 is 1.78. The van der Waals surface area contributed by atoms with Gasteiger partial charge < -0.3 is 10.3 Å². The van der Waals surface area contributed by atoms with Crippen molar-refractivity contribution in [2.24, 2.45) is 0 Å². The molecule has 6 heteroatoms. The van der Waals surface area contributed by atoms with Crippen LogP contribution in [0.2, 0.25) is 0 Å². The Balaban J connectivity index is 2.52. The Morgan fingerprint density at radius 1 is 1.50 bits per heavy atom. The van der Waals surface area contributed by atoms with Gasteiger partial charge in [-0.2, -0.15) is 0 Å². The maximum Gasteiger partial charge on any atom is 0.271 e. The van der Waals surface area contributed by atoms with Crippen molar-refractivity contribution in [3.63, 3.8) is 0 Å². The van der Waals surface area contributed by atoms with Gasteiger partial charge >= 0.3 is 0 Å². The predicted octanol–water partition coefficient (Wildman–Crippen LogP) is 1.67. The molecule has 0 saturated heterocycles. The maximum absolute atomic E-state index is 10.5. The Morgan fingerprint density at radius 3 is 2.75 bits per heavy atom. The first-order valence-corrected chi connectivity index (χ1v) is 4.64. The third-order valence-electron chi connectivity index (χ3n) is 2.31. The van der Waals surface area contributed by atoms with Gasteiger partial charge in [0.1, 0.15) is 5.82 Å². The molecular weight excluding hydrogens is 208 g/mol. The number of non-ortho nitro benzene ring substituents is 1. The van der Waals surface area contributed by atoms with Gasteiger partial charge in [-0.1, -0.05) is 0 Å². The van der Waals surface area contributed by atoms with E-state index in [4.69, 9.17) is 5.73 Å². The summed E-state index contributed by atoms with van der Waals surface area (Å²) in [6.45, 7) is 1.83. The fraction of sp³-hybridized carbons (Fsp3) is 0.100. The lowest BCUT2D eigenvalue weighted by atomic mass is 10.2. The first-order valence-electron chi connectivity index (χ1n) is 4.64. The standard InChI is InChI=1S/C10H10N4O2/c1-7-12-4-5-13(7)10-3-2-8(14(15)16)6-9(10)11/h2-6H,11H2,1H3. The Morgan fingerprint density at radius 2 is 2.25 bits per heavy atom. The Kier molecular flexibility index (Phi) is 2.32. The average molecular weight is 218 g/mol. The average Bonchev–Trinajstić information content (AvgIpc) is 2.64. The molecule has 0 amide bonds. The summed E-state index contributed by atoms with van der Waals surface area (Å²) in [5.74, 6) is 0.778. The minimum Gasteiger partial charge on any atom is -0.397 e. The molecule has 82 valence electrons. The fourth-order valence-electron chi connectivity index (χ4n) is 1.51. The van der Waals surface area contributed by atoms with E-state index in [-0.39, 0.29) is 5.69 Å². The topological polar surface area (TPSA) is 87.0 Å². The van der Waals surface area contributed by atoms with Crippen LogP contribution < -0.4 is 5.73 Å². The number of nitrogen functional groups attached to an aromatic ring is 1. The molecule has 0 bridgehead atoms. The third-order valence-corrected chi connectivity index (χ3v) is 2.31. The van der Waals surface area contributed by atoms with Crippen molar-refractivity contribution in [2.75, 3.05) is 5.73 Å². The molecular formula is C10H10N4O2. The second-order valence-corrected chi connectivity index (χ2v) is 3.34. The Labute approximate surface area is 91.5 Å². The van der Waals surface area contributed by atoms with Crippen LogP contribution in [0.5, 0.6) is 0 Å². The van der Waals surface area contributed by atoms with E-state index in [0.29, 0.717) is 11.4 Å². The highest BCUT2D eigenvalue weighted by Gasteiger charge is 2.10. The Hall–Kier alpha value is -2.37. The molecule has 0 aliphatic heterocycles. The summed E-state index contributed by atoms with van der Waals surface area (Å²) in [6.07, 6.45) is 3.41. The van der Waals surface area contributed by atoms with Crippen molar-refractivity contribution in [3.05, 3.63) is 46.5 Å². The zero-order valence-corrected chi connectivity index (χ0v) is 8.62. The molecule has 2 rings (SSSR count). The molecule has 0 aliphatic carbocycles. The highest BCUT2D eigenvalue weighted by molar-refractivity contribution is 5.62. The SMILES string of the molecule is Cc1nccn1-c1ccc([N+](=O)[O-])cc1N. The van der Waals surface area contributed by atoms with Gasteiger partial charge in [-0.05, 0) is 13.0 Å². The van der Waals surface area contributed by atoms with Crippen molar-refractivity contribution >= 4 is 11.4 Å². The molecule has 0 unspecified atom stereocenters. The van der Waals surface area contributed by atoms with Gasteiger partial charge in [0.05, 0.1) is 16.3 Å². The van der Waals surface area contributed by atoms with Crippen LogP contribution in [0.25, 0.3) is 5.69 Å². The van der Waals surface area contributed by atoms with Crippen molar-refractivity contribution < 1.29 is 4.92 Å². The summed E-state index contributed by atoms with van der Waals surface area (Å²) >= 11 is 0. The highest BCUT2D eigenvalue weighted by atomic mass is 16.6. The zero-order chi connectivity index (χ0) is 11.7. The number of hydrogen-bond donors (Lipinski definition) is 1. The van der Waals surface area contributed by atoms with Crippen LogP contribution in [-0.4, -0.2) is 14.5 Å². The summed E-state index contributed by atoms with van der Waals surface area (Å²) in [5.41, 5.74) is 6.80. The predicted molar refractivity (Wildman–Crippen MR) is 59.4 cm³/mol. The van der Waals surface area contributed by atoms with Crippen LogP contribution >= 0.6 is 0 Å². The van der Waals surface area contributed by atoms with Crippen molar-refractivity contribution in [1.82, 2.24) is 9.55 Å². The number of imidazole rings is 1. The lowest BCUT2D eigenvalue weighted by Gasteiger charge is -2.07. The van der Waals surface area contributed by atoms with Crippen molar-refractivity contribution in [3.8, 4) is 5.69 Å². The smallest absolute Gasteiger partial charge is 0.271 e. The molecule has 0 fully saturated rings. The molecule has 16 heavy (non-hydrogen) atoms.